The zero-order chi connectivity index (χ0) is 14.8. The molecule has 1 aliphatic heterocycles. The van der Waals surface area contributed by atoms with Crippen LogP contribution in [0.1, 0.15) is 40.4 Å². The minimum atomic E-state index is 0.119. The van der Waals surface area contributed by atoms with Gasteiger partial charge in [-0.2, -0.15) is 0 Å². The van der Waals surface area contributed by atoms with Crippen LogP contribution in [-0.2, 0) is 0 Å². The van der Waals surface area contributed by atoms with E-state index in [1.165, 1.54) is 5.56 Å². The van der Waals surface area contributed by atoms with E-state index in [-0.39, 0.29) is 11.9 Å². The van der Waals surface area contributed by atoms with Gasteiger partial charge in [-0.1, -0.05) is 22.0 Å². The minimum Gasteiger partial charge on any atom is -0.332 e. The van der Waals surface area contributed by atoms with E-state index in [2.05, 4.69) is 20.9 Å². The molecule has 1 aromatic carbocycles. The van der Waals surface area contributed by atoms with E-state index in [0.717, 1.165) is 35.0 Å². The fraction of sp³-hybridized carbons (Fsp3) is 0.294. The van der Waals surface area contributed by atoms with Crippen molar-refractivity contribution in [2.45, 2.75) is 25.8 Å². The molecule has 1 saturated heterocycles. The fourth-order valence-corrected chi connectivity index (χ4v) is 3.30. The van der Waals surface area contributed by atoms with E-state index >= 15 is 0 Å². The van der Waals surface area contributed by atoms with Gasteiger partial charge in [0.25, 0.3) is 5.91 Å². The number of hydrogen-bond donors (Lipinski definition) is 0. The Kier molecular flexibility index (Phi) is 4.06. The number of rotatable bonds is 2. The van der Waals surface area contributed by atoms with Crippen LogP contribution >= 0.6 is 15.9 Å². The van der Waals surface area contributed by atoms with E-state index in [1.807, 2.05) is 42.2 Å². The van der Waals surface area contributed by atoms with Crippen LogP contribution in [0.3, 0.4) is 0 Å². The number of halogens is 1. The van der Waals surface area contributed by atoms with Crippen molar-refractivity contribution in [2.24, 2.45) is 0 Å². The van der Waals surface area contributed by atoms with Crippen molar-refractivity contribution >= 4 is 21.8 Å². The third-order valence-electron chi connectivity index (χ3n) is 4.10. The summed E-state index contributed by atoms with van der Waals surface area (Å²) in [7, 11) is 0. The van der Waals surface area contributed by atoms with Gasteiger partial charge in [0.15, 0.2) is 0 Å². The predicted octanol–water partition coefficient (Wildman–Crippen LogP) is 4.13. The topological polar surface area (TPSA) is 33.2 Å². The quantitative estimate of drug-likeness (QED) is 0.820. The lowest BCUT2D eigenvalue weighted by molar-refractivity contribution is 0.0735. The highest BCUT2D eigenvalue weighted by Crippen LogP contribution is 2.33. The molecule has 0 radical (unpaired) electrons. The first-order valence-corrected chi connectivity index (χ1v) is 7.94. The van der Waals surface area contributed by atoms with Crippen LogP contribution in [0.2, 0.25) is 0 Å². The molecule has 1 fully saturated rings. The standard InChI is InChI=1S/C17H17BrN2O/c1-12-14(4-2-5-15(12)18)17(21)20-11-3-6-16(20)13-7-9-19-10-8-13/h2,4-5,7-10,16H,3,6,11H2,1H3. The number of nitrogens with zero attached hydrogens (tertiary/aromatic N) is 2. The molecule has 2 heterocycles. The molecule has 0 bridgehead atoms. The summed E-state index contributed by atoms with van der Waals surface area (Å²) in [4.78, 5) is 18.9. The lowest BCUT2D eigenvalue weighted by atomic mass is 10.0. The molecule has 0 saturated carbocycles. The minimum absolute atomic E-state index is 0.119. The van der Waals surface area contributed by atoms with Crippen LogP contribution in [0.4, 0.5) is 0 Å². The highest BCUT2D eigenvalue weighted by atomic mass is 79.9. The smallest absolute Gasteiger partial charge is 0.254 e. The highest BCUT2D eigenvalue weighted by Gasteiger charge is 2.31. The summed E-state index contributed by atoms with van der Waals surface area (Å²) in [6.45, 7) is 2.80. The maximum absolute atomic E-state index is 12.9. The van der Waals surface area contributed by atoms with Gasteiger partial charge in [0.05, 0.1) is 6.04 Å². The Morgan fingerprint density at radius 3 is 2.81 bits per heavy atom. The summed E-state index contributed by atoms with van der Waals surface area (Å²) in [5.74, 6) is 0.119. The van der Waals surface area contributed by atoms with Crippen molar-refractivity contribution < 1.29 is 4.79 Å². The number of aromatic nitrogens is 1. The summed E-state index contributed by atoms with van der Waals surface area (Å²) in [6, 6.07) is 9.97. The molecule has 0 N–H and O–H groups in total. The van der Waals surface area contributed by atoms with Gasteiger partial charge in [0.2, 0.25) is 0 Å². The molecule has 0 spiro atoms. The summed E-state index contributed by atoms with van der Waals surface area (Å²) in [5, 5.41) is 0. The van der Waals surface area contributed by atoms with Gasteiger partial charge in [0.1, 0.15) is 0 Å². The van der Waals surface area contributed by atoms with E-state index in [4.69, 9.17) is 0 Å². The molecule has 21 heavy (non-hydrogen) atoms. The molecule has 2 aromatic rings. The SMILES string of the molecule is Cc1c(Br)cccc1C(=O)N1CCCC1c1ccncc1. The first-order chi connectivity index (χ1) is 10.2. The Morgan fingerprint density at radius 1 is 1.29 bits per heavy atom. The molecule has 0 aliphatic carbocycles. The molecule has 4 heteroatoms. The van der Waals surface area contributed by atoms with Gasteiger partial charge in [-0.3, -0.25) is 9.78 Å². The first kappa shape index (κ1) is 14.3. The molecule has 1 aromatic heterocycles. The number of carbonyl (C=O) groups excluding carboxylic acids is 1. The molecule has 1 amide bonds. The fourth-order valence-electron chi connectivity index (χ4n) is 2.94. The molecule has 3 nitrogen and oxygen atoms in total. The molecule has 1 aliphatic rings. The van der Waals surface area contributed by atoms with E-state index in [1.54, 1.807) is 12.4 Å². The first-order valence-electron chi connectivity index (χ1n) is 7.14. The largest absolute Gasteiger partial charge is 0.332 e. The Bertz CT molecular complexity index is 657. The van der Waals surface area contributed by atoms with Crippen LogP contribution in [0.5, 0.6) is 0 Å². The van der Waals surface area contributed by atoms with Crippen LogP contribution < -0.4 is 0 Å². The van der Waals surface area contributed by atoms with E-state index in [9.17, 15) is 4.79 Å². The normalized spacial score (nSPS) is 18.0. The lowest BCUT2D eigenvalue weighted by Crippen LogP contribution is -2.31. The maximum atomic E-state index is 12.9. The van der Waals surface area contributed by atoms with Gasteiger partial charge in [-0.05, 0) is 55.2 Å². The van der Waals surface area contributed by atoms with Crippen LogP contribution in [0.25, 0.3) is 0 Å². The van der Waals surface area contributed by atoms with Crippen molar-refractivity contribution in [2.75, 3.05) is 6.54 Å². The van der Waals surface area contributed by atoms with Crippen molar-refractivity contribution in [1.29, 1.82) is 0 Å². The number of amides is 1. The molecule has 3 rings (SSSR count). The van der Waals surface area contributed by atoms with E-state index in [0.29, 0.717) is 0 Å². The van der Waals surface area contributed by atoms with Gasteiger partial charge in [-0.15, -0.1) is 0 Å². The zero-order valence-electron chi connectivity index (χ0n) is 11.9. The Hall–Kier alpha value is -1.68. The number of benzene rings is 1. The van der Waals surface area contributed by atoms with Gasteiger partial charge in [0, 0.05) is 29.0 Å². The summed E-state index contributed by atoms with van der Waals surface area (Å²) >= 11 is 3.50. The van der Waals surface area contributed by atoms with Crippen LogP contribution in [0, 0.1) is 6.92 Å². The summed E-state index contributed by atoms with van der Waals surface area (Å²) < 4.78 is 0.980. The van der Waals surface area contributed by atoms with Crippen LogP contribution in [-0.4, -0.2) is 22.3 Å². The average Bonchev–Trinajstić information content (AvgIpc) is 3.00. The van der Waals surface area contributed by atoms with Crippen molar-refractivity contribution in [3.8, 4) is 0 Å². The number of carbonyl (C=O) groups is 1. The van der Waals surface area contributed by atoms with Gasteiger partial charge in [-0.25, -0.2) is 0 Å². The number of hydrogen-bond acceptors (Lipinski definition) is 2. The lowest BCUT2D eigenvalue weighted by Gasteiger charge is -2.26. The molecule has 1 unspecified atom stereocenters. The van der Waals surface area contributed by atoms with E-state index < -0.39 is 0 Å². The average molecular weight is 345 g/mol. The molecule has 108 valence electrons. The second kappa shape index (κ2) is 5.98. The third kappa shape index (κ3) is 2.72. The molecule has 1 atom stereocenters. The Labute approximate surface area is 133 Å². The Morgan fingerprint density at radius 2 is 2.05 bits per heavy atom. The third-order valence-corrected chi connectivity index (χ3v) is 4.96. The number of pyridine rings is 1. The summed E-state index contributed by atoms with van der Waals surface area (Å²) in [5.41, 5.74) is 2.96. The highest BCUT2D eigenvalue weighted by molar-refractivity contribution is 9.10. The number of likely N-dealkylation sites (tertiary alicyclic amines) is 1. The molecular formula is C17H17BrN2O. The zero-order valence-corrected chi connectivity index (χ0v) is 13.5. The van der Waals surface area contributed by atoms with Crippen molar-refractivity contribution in [1.82, 2.24) is 9.88 Å². The molecular weight excluding hydrogens is 328 g/mol. The monoisotopic (exact) mass is 344 g/mol. The Balaban J connectivity index is 1.92. The second-order valence-corrected chi connectivity index (χ2v) is 6.20. The maximum Gasteiger partial charge on any atom is 0.254 e. The van der Waals surface area contributed by atoms with Gasteiger partial charge >= 0.3 is 0 Å². The summed E-state index contributed by atoms with van der Waals surface area (Å²) in [6.07, 6.45) is 5.65. The van der Waals surface area contributed by atoms with Crippen LogP contribution in [0.15, 0.2) is 47.2 Å². The van der Waals surface area contributed by atoms with Crippen molar-refractivity contribution in [3.63, 3.8) is 0 Å². The second-order valence-electron chi connectivity index (χ2n) is 5.35. The predicted molar refractivity (Wildman–Crippen MR) is 86.1 cm³/mol. The van der Waals surface area contributed by atoms with Gasteiger partial charge < -0.3 is 4.90 Å². The van der Waals surface area contributed by atoms with Crippen molar-refractivity contribution in [3.05, 3.63) is 63.9 Å².